The summed E-state index contributed by atoms with van der Waals surface area (Å²) < 4.78 is 54.9. The zero-order valence-corrected chi connectivity index (χ0v) is 46.1. The molecule has 34 heteroatoms. The van der Waals surface area contributed by atoms with Crippen LogP contribution in [-0.4, -0.2) is 286 Å². The van der Waals surface area contributed by atoms with Crippen molar-refractivity contribution < 1.29 is 112 Å². The van der Waals surface area contributed by atoms with Crippen molar-refractivity contribution in [3.63, 3.8) is 0 Å². The number of ether oxygens (including phenoxy) is 10. The molecule has 0 saturated heterocycles. The van der Waals surface area contributed by atoms with Crippen molar-refractivity contribution in [2.45, 2.75) is 87.5 Å². The average Bonchev–Trinajstić information content (AvgIpc) is 3.62. The number of nitrogens with zero attached hydrogens (tertiary/aromatic N) is 5. The maximum atomic E-state index is 13.5. The van der Waals surface area contributed by atoms with E-state index in [1.807, 2.05) is 0 Å². The molecule has 0 spiro atoms. The number of carbonyl (C=O) groups is 7. The first-order chi connectivity index (χ1) is 38.9. The van der Waals surface area contributed by atoms with Gasteiger partial charge < -0.3 is 126 Å². The van der Waals surface area contributed by atoms with Crippen LogP contribution in [-0.2, 0) is 66.5 Å². The van der Waals surface area contributed by atoms with Gasteiger partial charge in [-0.25, -0.2) is 34.0 Å². The van der Waals surface area contributed by atoms with Crippen LogP contribution in [0.3, 0.4) is 0 Å². The molecule has 10 atom stereocenters. The van der Waals surface area contributed by atoms with Gasteiger partial charge in [0.1, 0.15) is 25.4 Å². The summed E-state index contributed by atoms with van der Waals surface area (Å²) in [7, 11) is 2.64. The minimum atomic E-state index is -1.87. The number of carboxylic acid groups (broad SMARTS) is 2. The van der Waals surface area contributed by atoms with Crippen molar-refractivity contribution in [1.82, 2.24) is 25.3 Å². The van der Waals surface area contributed by atoms with E-state index < -0.39 is 139 Å². The Morgan fingerprint density at radius 2 is 1.00 bits per heavy atom. The molecule has 82 heavy (non-hydrogen) atoms. The quantitative estimate of drug-likeness (QED) is 0.00902. The van der Waals surface area contributed by atoms with Gasteiger partial charge in [0.25, 0.3) is 0 Å². The first-order valence-corrected chi connectivity index (χ1v) is 25.6. The van der Waals surface area contributed by atoms with E-state index in [0.29, 0.717) is 26.4 Å². The molecule has 0 fully saturated rings. The number of aliphatic imine (C=N–C) groups is 2. The maximum absolute atomic E-state index is 13.5. The van der Waals surface area contributed by atoms with Crippen LogP contribution in [0.25, 0.3) is 0 Å². The van der Waals surface area contributed by atoms with Crippen LogP contribution in [0.5, 0.6) is 0 Å². The van der Waals surface area contributed by atoms with E-state index in [-0.39, 0.29) is 85.3 Å². The van der Waals surface area contributed by atoms with Gasteiger partial charge in [0.15, 0.2) is 36.3 Å². The highest BCUT2D eigenvalue weighted by molar-refractivity contribution is 5.86. The molecule has 0 radical (unpaired) electrons. The van der Waals surface area contributed by atoms with Gasteiger partial charge >= 0.3 is 30.2 Å². The summed E-state index contributed by atoms with van der Waals surface area (Å²) in [6.45, 7) is 1.55. The number of carbonyl (C=O) groups excluding carboxylic acids is 5. The lowest BCUT2D eigenvalue weighted by Gasteiger charge is -2.40. The number of rotatable bonds is 38. The minimum absolute atomic E-state index is 0.00924. The summed E-state index contributed by atoms with van der Waals surface area (Å²) in [5.74, 6) is -4.52. The lowest BCUT2D eigenvalue weighted by molar-refractivity contribution is -0.147. The van der Waals surface area contributed by atoms with E-state index in [1.165, 1.54) is 19.0 Å². The van der Waals surface area contributed by atoms with E-state index in [9.17, 15) is 64.2 Å². The standard InChI is InChI=1S/C48H79N11O23/c1-6-13-73-16-17-75-18-19-76-20-21-77-22-23-78-48(72)59(10-8-7-9-57(4)46(70)81-38(32(64)26-60)40-36(53-28(2)62)30(55-44(49)50)24-34(79-40)42(66)67)12-15-74-14-11-58(5)47(71)82-39(33(65)27-61)41-37(54-29(3)63)31(56-45(51)52)25-35(80-41)43(68)69/h1,24-25,30-33,36-41,60-61,64-65H,7-23,26-27H2,2-5H3,(H,53,62)(H,54,63)(H,66,67)(H,68,69)(H4,49,50,55)(H4,51,52,56)/t30-,31-,32+,33+,36+,37+,38+,39+,40+,41+/m0/s1. The lowest BCUT2D eigenvalue weighted by atomic mass is 9.92. The highest BCUT2D eigenvalue weighted by Crippen LogP contribution is 2.29. The largest absolute Gasteiger partial charge is 0.477 e. The highest BCUT2D eigenvalue weighted by atomic mass is 16.6. The summed E-state index contributed by atoms with van der Waals surface area (Å²) in [6, 6.07) is -5.18. The number of hydrogen-bond acceptors (Lipinski definition) is 23. The number of hydrogen-bond donors (Lipinski definition) is 12. The predicted molar refractivity (Wildman–Crippen MR) is 283 cm³/mol. The monoisotopic (exact) mass is 1180 g/mol. The molecule has 2 heterocycles. The fraction of sp³-hybridized carbons (Fsp3) is 0.688. The van der Waals surface area contributed by atoms with E-state index in [2.05, 4.69) is 26.5 Å². The topological polar surface area (TPSA) is 496 Å². The third kappa shape index (κ3) is 26.0. The lowest BCUT2D eigenvalue weighted by Crippen LogP contribution is -2.61. The number of aliphatic hydroxyl groups is 4. The van der Waals surface area contributed by atoms with E-state index in [0.717, 1.165) is 35.8 Å². The Bertz CT molecular complexity index is 2210. The SMILES string of the molecule is C#CCOCCOCCOCCOCCOC(=O)N(CCCCN(C)C(=O)O[C@@H]([C@@H]1OC(C(=O)O)=C[C@H](N=C(N)N)[C@H]1NC(C)=O)[C@H](O)CO)CCOCCN(C)C(=O)O[C@@H]([C@@H]1OC(C(=O)O)=C[C@H](N=C(N)N)[C@H]1NC(C)=O)[C@H](O)CO. The first-order valence-electron chi connectivity index (χ1n) is 25.6. The van der Waals surface area contributed by atoms with Gasteiger partial charge in [-0.3, -0.25) is 9.59 Å². The maximum Gasteiger partial charge on any atom is 0.410 e. The third-order valence-electron chi connectivity index (χ3n) is 11.5. The molecule has 16 N–H and O–H groups in total. The second-order valence-corrected chi connectivity index (χ2v) is 17.9. The summed E-state index contributed by atoms with van der Waals surface area (Å²) >= 11 is 0. The Morgan fingerprint density at radius 3 is 1.40 bits per heavy atom. The molecular formula is C48H79N11O23. The van der Waals surface area contributed by atoms with Crippen molar-refractivity contribution in [2.75, 3.05) is 126 Å². The highest BCUT2D eigenvalue weighted by Gasteiger charge is 2.48. The number of nitrogens with one attached hydrogen (secondary N) is 2. The molecule has 0 bridgehead atoms. The van der Waals surface area contributed by atoms with Gasteiger partial charge in [0.2, 0.25) is 23.3 Å². The third-order valence-corrected chi connectivity index (χ3v) is 11.5. The number of terminal acetylenes is 1. The van der Waals surface area contributed by atoms with Gasteiger partial charge in [-0.1, -0.05) is 5.92 Å². The molecule has 34 nitrogen and oxygen atoms in total. The Labute approximate surface area is 472 Å². The van der Waals surface area contributed by atoms with Crippen LogP contribution < -0.4 is 33.6 Å². The van der Waals surface area contributed by atoms with Crippen molar-refractivity contribution in [2.24, 2.45) is 32.9 Å². The molecule has 5 amide bonds. The van der Waals surface area contributed by atoms with Gasteiger partial charge in [-0.2, -0.15) is 0 Å². The summed E-state index contributed by atoms with van der Waals surface area (Å²) in [6.07, 6.45) is -5.98. The van der Waals surface area contributed by atoms with E-state index in [4.69, 9.17) is 76.7 Å². The van der Waals surface area contributed by atoms with Crippen LogP contribution in [0.4, 0.5) is 14.4 Å². The van der Waals surface area contributed by atoms with Crippen LogP contribution in [0.2, 0.25) is 0 Å². The van der Waals surface area contributed by atoms with Crippen LogP contribution in [0.1, 0.15) is 26.7 Å². The minimum Gasteiger partial charge on any atom is -0.477 e. The van der Waals surface area contributed by atoms with Crippen LogP contribution in [0, 0.1) is 12.3 Å². The Hall–Kier alpha value is -7.49. The van der Waals surface area contributed by atoms with E-state index >= 15 is 0 Å². The Morgan fingerprint density at radius 1 is 0.610 bits per heavy atom. The molecule has 464 valence electrons. The number of amides is 5. The Kier molecular flexibility index (Phi) is 32.9. The van der Waals surface area contributed by atoms with Crippen LogP contribution >= 0.6 is 0 Å². The molecule has 2 rings (SSSR count). The summed E-state index contributed by atoms with van der Waals surface area (Å²) in [5.41, 5.74) is 22.2. The number of aliphatic carboxylic acids is 2. The average molecular weight is 1180 g/mol. The molecular weight excluding hydrogens is 1100 g/mol. The fourth-order valence-corrected chi connectivity index (χ4v) is 7.62. The normalized spacial score (nSPS) is 19.7. The first kappa shape index (κ1) is 70.6. The molecule has 2 aliphatic heterocycles. The zero-order valence-electron chi connectivity index (χ0n) is 46.1. The van der Waals surface area contributed by atoms with E-state index in [1.54, 1.807) is 0 Å². The van der Waals surface area contributed by atoms with Gasteiger partial charge in [0, 0.05) is 54.1 Å². The fourth-order valence-electron chi connectivity index (χ4n) is 7.62. The van der Waals surface area contributed by atoms with Crippen molar-refractivity contribution in [1.29, 1.82) is 0 Å². The van der Waals surface area contributed by atoms with Crippen LogP contribution in [0.15, 0.2) is 33.7 Å². The zero-order chi connectivity index (χ0) is 61.3. The number of carboxylic acids is 2. The molecule has 0 aliphatic carbocycles. The molecule has 2 aliphatic rings. The number of likely N-dealkylation sites (N-methyl/N-ethyl adjacent to an activating group) is 1. The van der Waals surface area contributed by atoms with Crippen molar-refractivity contribution >= 4 is 54.0 Å². The molecule has 0 saturated carbocycles. The van der Waals surface area contributed by atoms with Gasteiger partial charge in [-0.05, 0) is 25.0 Å². The Balaban J connectivity index is 2.13. The van der Waals surface area contributed by atoms with Gasteiger partial charge in [0.05, 0.1) is 96.8 Å². The summed E-state index contributed by atoms with van der Waals surface area (Å²) in [5, 5.41) is 66.0. The van der Waals surface area contributed by atoms with Crippen molar-refractivity contribution in [3.8, 4) is 12.3 Å². The summed E-state index contributed by atoms with van der Waals surface area (Å²) in [4.78, 5) is 100. The second kappa shape index (κ2) is 38.3. The van der Waals surface area contributed by atoms with Gasteiger partial charge in [-0.15, -0.1) is 6.42 Å². The second-order valence-electron chi connectivity index (χ2n) is 17.9. The number of guanidine groups is 2. The smallest absolute Gasteiger partial charge is 0.410 e. The molecule has 0 aromatic carbocycles. The predicted octanol–water partition coefficient (Wildman–Crippen LogP) is -5.47. The molecule has 0 aromatic rings. The van der Waals surface area contributed by atoms with Crippen molar-refractivity contribution in [3.05, 3.63) is 23.7 Å². The molecule has 0 aromatic heterocycles. The number of aliphatic hydroxyl groups excluding tert-OH is 4. The number of unbranched alkanes of at least 4 members (excludes halogenated alkanes) is 1. The number of nitrogens with two attached hydrogens (primary N) is 4. The molecule has 0 unspecified atom stereocenters.